The molecular formula is C10H15NO2S. The molecule has 3 nitrogen and oxygen atoms in total. The summed E-state index contributed by atoms with van der Waals surface area (Å²) in [6.45, 7) is 3.91. The molecule has 0 spiro atoms. The standard InChI is InChI=1S/C10H15NO2S/c1-8-4-5-10(9(2)6-8)7-14(12,13)11-3/h4-6,11H,7H2,1-3H3. The van der Waals surface area contributed by atoms with Gasteiger partial charge in [0.2, 0.25) is 10.0 Å². The van der Waals surface area contributed by atoms with Crippen molar-refractivity contribution >= 4 is 10.0 Å². The highest BCUT2D eigenvalue weighted by Gasteiger charge is 2.09. The highest BCUT2D eigenvalue weighted by Crippen LogP contribution is 2.12. The molecule has 0 unspecified atom stereocenters. The summed E-state index contributed by atoms with van der Waals surface area (Å²) in [5.74, 6) is 0.0512. The number of nitrogens with one attached hydrogen (secondary N) is 1. The van der Waals surface area contributed by atoms with Gasteiger partial charge in [-0.25, -0.2) is 13.1 Å². The lowest BCUT2D eigenvalue weighted by atomic mass is 10.1. The fourth-order valence-corrected chi connectivity index (χ4v) is 2.16. The van der Waals surface area contributed by atoms with E-state index in [2.05, 4.69) is 4.72 Å². The first kappa shape index (κ1) is 11.2. The molecule has 0 amide bonds. The summed E-state index contributed by atoms with van der Waals surface area (Å²) >= 11 is 0. The molecule has 0 aliphatic rings. The Hall–Kier alpha value is -0.870. The van der Waals surface area contributed by atoms with E-state index < -0.39 is 10.0 Å². The summed E-state index contributed by atoms with van der Waals surface area (Å²) in [4.78, 5) is 0. The Morgan fingerprint density at radius 2 is 1.93 bits per heavy atom. The number of hydrogen-bond donors (Lipinski definition) is 1. The zero-order chi connectivity index (χ0) is 10.8. The Morgan fingerprint density at radius 1 is 1.29 bits per heavy atom. The van der Waals surface area contributed by atoms with Crippen molar-refractivity contribution < 1.29 is 8.42 Å². The predicted octanol–water partition coefficient (Wildman–Crippen LogP) is 1.35. The van der Waals surface area contributed by atoms with Crippen LogP contribution in [0.25, 0.3) is 0 Å². The van der Waals surface area contributed by atoms with Crippen LogP contribution in [0, 0.1) is 13.8 Å². The average molecular weight is 213 g/mol. The van der Waals surface area contributed by atoms with E-state index in [4.69, 9.17) is 0 Å². The molecule has 0 radical (unpaired) electrons. The smallest absolute Gasteiger partial charge is 0.215 e. The molecule has 14 heavy (non-hydrogen) atoms. The van der Waals surface area contributed by atoms with Crippen LogP contribution in [-0.4, -0.2) is 15.5 Å². The molecule has 0 saturated heterocycles. The van der Waals surface area contributed by atoms with Gasteiger partial charge in [-0.2, -0.15) is 0 Å². The van der Waals surface area contributed by atoms with Crippen molar-refractivity contribution in [1.29, 1.82) is 0 Å². The Bertz CT molecular complexity index is 424. The van der Waals surface area contributed by atoms with Gasteiger partial charge in [0.25, 0.3) is 0 Å². The molecule has 78 valence electrons. The van der Waals surface area contributed by atoms with Crippen LogP contribution in [0.15, 0.2) is 18.2 Å². The van der Waals surface area contributed by atoms with Gasteiger partial charge in [0, 0.05) is 0 Å². The normalized spacial score (nSPS) is 11.6. The molecule has 1 aromatic carbocycles. The van der Waals surface area contributed by atoms with E-state index in [1.807, 2.05) is 32.0 Å². The highest BCUT2D eigenvalue weighted by molar-refractivity contribution is 7.88. The van der Waals surface area contributed by atoms with Crippen LogP contribution in [0.3, 0.4) is 0 Å². The first-order valence-corrected chi connectivity index (χ1v) is 6.07. The van der Waals surface area contributed by atoms with E-state index in [9.17, 15) is 8.42 Å². The van der Waals surface area contributed by atoms with Gasteiger partial charge in [-0.15, -0.1) is 0 Å². The van der Waals surface area contributed by atoms with Gasteiger partial charge >= 0.3 is 0 Å². The number of rotatable bonds is 3. The van der Waals surface area contributed by atoms with Crippen LogP contribution in [0.1, 0.15) is 16.7 Å². The number of hydrogen-bond acceptors (Lipinski definition) is 2. The molecule has 0 saturated carbocycles. The van der Waals surface area contributed by atoms with Gasteiger partial charge in [-0.05, 0) is 32.0 Å². The van der Waals surface area contributed by atoms with E-state index in [0.717, 1.165) is 16.7 Å². The summed E-state index contributed by atoms with van der Waals surface area (Å²) in [6.07, 6.45) is 0. The van der Waals surface area contributed by atoms with Crippen LogP contribution >= 0.6 is 0 Å². The van der Waals surface area contributed by atoms with Gasteiger partial charge < -0.3 is 0 Å². The minimum atomic E-state index is -3.16. The molecule has 1 aromatic rings. The van der Waals surface area contributed by atoms with Gasteiger partial charge in [-0.1, -0.05) is 23.8 Å². The maximum Gasteiger partial charge on any atom is 0.215 e. The predicted molar refractivity (Wildman–Crippen MR) is 57.6 cm³/mol. The summed E-state index contributed by atoms with van der Waals surface area (Å²) < 4.78 is 24.9. The quantitative estimate of drug-likeness (QED) is 0.824. The van der Waals surface area contributed by atoms with Crippen molar-refractivity contribution in [3.05, 3.63) is 34.9 Å². The SMILES string of the molecule is CNS(=O)(=O)Cc1ccc(C)cc1C. The van der Waals surface area contributed by atoms with E-state index >= 15 is 0 Å². The monoisotopic (exact) mass is 213 g/mol. The van der Waals surface area contributed by atoms with Crippen LogP contribution in [-0.2, 0) is 15.8 Å². The lowest BCUT2D eigenvalue weighted by Crippen LogP contribution is -2.20. The third-order valence-corrected chi connectivity index (χ3v) is 3.47. The molecule has 0 bridgehead atoms. The lowest BCUT2D eigenvalue weighted by Gasteiger charge is -2.06. The van der Waals surface area contributed by atoms with Crippen molar-refractivity contribution in [3.8, 4) is 0 Å². The number of sulfonamides is 1. The second kappa shape index (κ2) is 4.11. The third-order valence-electron chi connectivity index (χ3n) is 2.15. The molecule has 0 fully saturated rings. The van der Waals surface area contributed by atoms with Crippen molar-refractivity contribution in [2.45, 2.75) is 19.6 Å². The minimum Gasteiger partial charge on any atom is -0.218 e. The van der Waals surface area contributed by atoms with E-state index in [0.29, 0.717) is 0 Å². The zero-order valence-electron chi connectivity index (χ0n) is 8.66. The van der Waals surface area contributed by atoms with Crippen LogP contribution in [0.5, 0.6) is 0 Å². The molecular weight excluding hydrogens is 198 g/mol. The Labute approximate surface area is 85.2 Å². The molecule has 0 aliphatic carbocycles. The van der Waals surface area contributed by atoms with Gasteiger partial charge in [0.05, 0.1) is 5.75 Å². The lowest BCUT2D eigenvalue weighted by molar-refractivity contribution is 0.587. The summed E-state index contributed by atoms with van der Waals surface area (Å²) in [5, 5.41) is 0. The molecule has 0 aliphatic heterocycles. The average Bonchev–Trinajstić information content (AvgIpc) is 2.10. The molecule has 1 rings (SSSR count). The molecule has 4 heteroatoms. The summed E-state index contributed by atoms with van der Waals surface area (Å²) in [7, 11) is -1.73. The minimum absolute atomic E-state index is 0.0512. The van der Waals surface area contributed by atoms with E-state index in [1.54, 1.807) is 0 Å². The maximum atomic E-state index is 11.3. The Kier molecular flexibility index (Phi) is 3.29. The first-order valence-electron chi connectivity index (χ1n) is 4.42. The summed E-state index contributed by atoms with van der Waals surface area (Å²) in [5.41, 5.74) is 3.02. The fourth-order valence-electron chi connectivity index (χ4n) is 1.28. The fraction of sp³-hybridized carbons (Fsp3) is 0.400. The van der Waals surface area contributed by atoms with Crippen molar-refractivity contribution in [2.24, 2.45) is 0 Å². The van der Waals surface area contributed by atoms with Crippen molar-refractivity contribution in [3.63, 3.8) is 0 Å². The van der Waals surface area contributed by atoms with E-state index in [-0.39, 0.29) is 5.75 Å². The van der Waals surface area contributed by atoms with Crippen LogP contribution in [0.4, 0.5) is 0 Å². The van der Waals surface area contributed by atoms with Crippen LogP contribution in [0.2, 0.25) is 0 Å². The van der Waals surface area contributed by atoms with Crippen molar-refractivity contribution in [2.75, 3.05) is 7.05 Å². The van der Waals surface area contributed by atoms with Gasteiger partial charge in [-0.3, -0.25) is 0 Å². The second-order valence-corrected chi connectivity index (χ2v) is 5.32. The summed E-state index contributed by atoms with van der Waals surface area (Å²) in [6, 6.07) is 5.77. The second-order valence-electron chi connectivity index (χ2n) is 3.39. The number of benzene rings is 1. The third kappa shape index (κ3) is 2.82. The molecule has 0 aromatic heterocycles. The number of aryl methyl sites for hydroxylation is 2. The van der Waals surface area contributed by atoms with Crippen LogP contribution < -0.4 is 4.72 Å². The molecule has 1 N–H and O–H groups in total. The van der Waals surface area contributed by atoms with Gasteiger partial charge in [0.15, 0.2) is 0 Å². The molecule has 0 heterocycles. The Morgan fingerprint density at radius 3 is 2.43 bits per heavy atom. The maximum absolute atomic E-state index is 11.3. The largest absolute Gasteiger partial charge is 0.218 e. The topological polar surface area (TPSA) is 46.2 Å². The highest BCUT2D eigenvalue weighted by atomic mass is 32.2. The van der Waals surface area contributed by atoms with Crippen molar-refractivity contribution in [1.82, 2.24) is 4.72 Å². The molecule has 0 atom stereocenters. The zero-order valence-corrected chi connectivity index (χ0v) is 9.48. The Balaban J connectivity index is 2.99. The first-order chi connectivity index (χ1) is 6.44. The van der Waals surface area contributed by atoms with E-state index in [1.165, 1.54) is 7.05 Å². The van der Waals surface area contributed by atoms with Gasteiger partial charge in [0.1, 0.15) is 0 Å².